The number of sulfone groups is 1. The van der Waals surface area contributed by atoms with Gasteiger partial charge in [0.2, 0.25) is 0 Å². The van der Waals surface area contributed by atoms with Gasteiger partial charge in [-0.1, -0.05) is 23.7 Å². The second kappa shape index (κ2) is 8.71. The molecule has 150 valence electrons. The van der Waals surface area contributed by atoms with Crippen LogP contribution < -0.4 is 5.32 Å². The molecule has 1 amide bonds. The Balaban J connectivity index is 1.93. The number of carbonyl (C=O) groups is 1. The molecule has 1 atom stereocenters. The number of hydrogen-bond donors (Lipinski definition) is 1. The lowest BCUT2D eigenvalue weighted by Gasteiger charge is -2.19. The highest BCUT2D eigenvalue weighted by atomic mass is 35.5. The molecule has 0 aliphatic heterocycles. The first-order chi connectivity index (χ1) is 13.8. The Kier molecular flexibility index (Phi) is 6.30. The van der Waals surface area contributed by atoms with Crippen LogP contribution in [-0.2, 0) is 9.84 Å². The van der Waals surface area contributed by atoms with Crippen LogP contribution in [0.25, 0.3) is 0 Å². The average Bonchev–Trinajstić information content (AvgIpc) is 2.70. The molecule has 0 radical (unpaired) electrons. The number of rotatable bonds is 6. The third kappa shape index (κ3) is 4.81. The molecular weight excluding hydrogens is 415 g/mol. The minimum Gasteiger partial charge on any atom is -0.350 e. The summed E-state index contributed by atoms with van der Waals surface area (Å²) in [6, 6.07) is 13.2. The smallest absolute Gasteiger partial charge is 0.251 e. The largest absolute Gasteiger partial charge is 0.350 e. The van der Waals surface area contributed by atoms with Crippen molar-refractivity contribution >= 4 is 27.3 Å². The van der Waals surface area contributed by atoms with Crippen LogP contribution >= 0.6 is 11.6 Å². The van der Waals surface area contributed by atoms with Gasteiger partial charge in [-0.2, -0.15) is 0 Å². The Bertz CT molecular complexity index is 1140. The van der Waals surface area contributed by atoms with Crippen LogP contribution in [0.15, 0.2) is 71.9 Å². The van der Waals surface area contributed by atoms with E-state index in [2.05, 4.69) is 10.3 Å². The zero-order valence-electron chi connectivity index (χ0n) is 15.5. The van der Waals surface area contributed by atoms with Gasteiger partial charge in [0.15, 0.2) is 9.84 Å². The summed E-state index contributed by atoms with van der Waals surface area (Å²) in [5.41, 5.74) is 0.956. The first-order valence-corrected chi connectivity index (χ1v) is 10.6. The molecule has 0 aliphatic rings. The van der Waals surface area contributed by atoms with Crippen molar-refractivity contribution in [3.63, 3.8) is 0 Å². The standard InChI is InChI=1S/C21H18ClFN2O3S/c1-14-10-18(7-8-19(14)23)29(27,28)20(16-5-3-9-24-12-16)13-25-21(26)15-4-2-6-17(22)11-15/h2-12,20H,13H2,1H3,(H,25,26)/t20-/m0/s1. The molecule has 0 unspecified atom stereocenters. The van der Waals surface area contributed by atoms with Crippen molar-refractivity contribution in [2.75, 3.05) is 6.54 Å². The molecule has 1 N–H and O–H groups in total. The van der Waals surface area contributed by atoms with E-state index in [0.717, 1.165) is 6.07 Å². The molecule has 0 spiro atoms. The van der Waals surface area contributed by atoms with E-state index in [1.807, 2.05) is 0 Å². The first-order valence-electron chi connectivity index (χ1n) is 8.73. The third-order valence-corrected chi connectivity index (χ3v) is 6.76. The number of halogens is 2. The van der Waals surface area contributed by atoms with Crippen molar-refractivity contribution in [2.45, 2.75) is 17.1 Å². The predicted molar refractivity (Wildman–Crippen MR) is 109 cm³/mol. The molecule has 2 aromatic carbocycles. The summed E-state index contributed by atoms with van der Waals surface area (Å²) in [4.78, 5) is 16.4. The van der Waals surface area contributed by atoms with Gasteiger partial charge >= 0.3 is 0 Å². The van der Waals surface area contributed by atoms with Gasteiger partial charge in [0, 0.05) is 29.5 Å². The second-order valence-corrected chi connectivity index (χ2v) is 9.02. The number of hydrogen-bond acceptors (Lipinski definition) is 4. The quantitative estimate of drug-likeness (QED) is 0.594. The summed E-state index contributed by atoms with van der Waals surface area (Å²) in [5, 5.41) is 1.95. The summed E-state index contributed by atoms with van der Waals surface area (Å²) in [7, 11) is -3.93. The van der Waals surface area contributed by atoms with Gasteiger partial charge in [-0.05, 0) is 60.5 Å². The van der Waals surface area contributed by atoms with Gasteiger partial charge < -0.3 is 5.32 Å². The van der Waals surface area contributed by atoms with Crippen molar-refractivity contribution in [1.82, 2.24) is 10.3 Å². The van der Waals surface area contributed by atoms with Gasteiger partial charge in [-0.15, -0.1) is 0 Å². The van der Waals surface area contributed by atoms with Crippen LogP contribution in [0.2, 0.25) is 5.02 Å². The highest BCUT2D eigenvalue weighted by Crippen LogP contribution is 2.29. The summed E-state index contributed by atoms with van der Waals surface area (Å²) in [6.45, 7) is 1.31. The summed E-state index contributed by atoms with van der Waals surface area (Å²) in [6.07, 6.45) is 2.96. The number of carbonyl (C=O) groups excluding carboxylic acids is 1. The zero-order chi connectivity index (χ0) is 21.0. The Morgan fingerprint density at radius 2 is 1.97 bits per heavy atom. The van der Waals surface area contributed by atoms with E-state index in [0.29, 0.717) is 16.1 Å². The lowest BCUT2D eigenvalue weighted by Crippen LogP contribution is -2.32. The van der Waals surface area contributed by atoms with E-state index < -0.39 is 26.8 Å². The van der Waals surface area contributed by atoms with Crippen molar-refractivity contribution in [3.8, 4) is 0 Å². The molecule has 0 saturated heterocycles. The molecule has 1 heterocycles. The van der Waals surface area contributed by atoms with Gasteiger partial charge in [0.05, 0.1) is 4.90 Å². The van der Waals surface area contributed by atoms with Crippen LogP contribution in [0.5, 0.6) is 0 Å². The minimum atomic E-state index is -3.93. The average molecular weight is 433 g/mol. The molecule has 0 bridgehead atoms. The first kappa shape index (κ1) is 21.0. The SMILES string of the molecule is Cc1cc(S(=O)(=O)[C@@H](CNC(=O)c2cccc(Cl)c2)c2cccnc2)ccc1F. The zero-order valence-corrected chi connectivity index (χ0v) is 17.0. The number of benzene rings is 2. The lowest BCUT2D eigenvalue weighted by molar-refractivity contribution is 0.0953. The molecule has 0 saturated carbocycles. The van der Waals surface area contributed by atoms with Crippen LogP contribution in [0.3, 0.4) is 0 Å². The highest BCUT2D eigenvalue weighted by molar-refractivity contribution is 7.91. The van der Waals surface area contributed by atoms with E-state index >= 15 is 0 Å². The van der Waals surface area contributed by atoms with Gasteiger partial charge in [0.1, 0.15) is 11.1 Å². The van der Waals surface area contributed by atoms with Crippen LogP contribution in [-0.4, -0.2) is 25.9 Å². The van der Waals surface area contributed by atoms with Gasteiger partial charge in [-0.25, -0.2) is 12.8 Å². The third-order valence-electron chi connectivity index (χ3n) is 4.42. The Hall–Kier alpha value is -2.77. The Morgan fingerprint density at radius 1 is 1.17 bits per heavy atom. The predicted octanol–water partition coefficient (Wildman–Crippen LogP) is 4.13. The van der Waals surface area contributed by atoms with Crippen molar-refractivity contribution in [3.05, 3.63) is 94.5 Å². The fourth-order valence-corrected chi connectivity index (χ4v) is 4.77. The summed E-state index contributed by atoms with van der Waals surface area (Å²) < 4.78 is 40.2. The normalized spacial score (nSPS) is 12.4. The molecule has 3 aromatic rings. The maximum atomic E-state index is 13.6. The van der Waals surface area contributed by atoms with Crippen LogP contribution in [0, 0.1) is 12.7 Å². The topological polar surface area (TPSA) is 76.1 Å². The summed E-state index contributed by atoms with van der Waals surface area (Å²) in [5.74, 6) is -0.942. The molecule has 0 fully saturated rings. The summed E-state index contributed by atoms with van der Waals surface area (Å²) >= 11 is 5.91. The molecule has 29 heavy (non-hydrogen) atoms. The fourth-order valence-electron chi connectivity index (χ4n) is 2.85. The number of nitrogens with zero attached hydrogens (tertiary/aromatic N) is 1. The van der Waals surface area contributed by atoms with E-state index in [1.165, 1.54) is 37.5 Å². The van der Waals surface area contributed by atoms with Crippen LogP contribution in [0.4, 0.5) is 4.39 Å². The van der Waals surface area contributed by atoms with Crippen molar-refractivity contribution < 1.29 is 17.6 Å². The minimum absolute atomic E-state index is 0.0257. The van der Waals surface area contributed by atoms with E-state index in [1.54, 1.807) is 30.3 Å². The highest BCUT2D eigenvalue weighted by Gasteiger charge is 2.30. The lowest BCUT2D eigenvalue weighted by atomic mass is 10.2. The van der Waals surface area contributed by atoms with Gasteiger partial charge in [0.25, 0.3) is 5.91 Å². The van der Waals surface area contributed by atoms with Crippen molar-refractivity contribution in [1.29, 1.82) is 0 Å². The van der Waals surface area contributed by atoms with Gasteiger partial charge in [-0.3, -0.25) is 9.78 Å². The Morgan fingerprint density at radius 3 is 2.62 bits per heavy atom. The maximum absolute atomic E-state index is 13.6. The molecule has 3 rings (SSSR count). The Labute approximate surface area is 173 Å². The molecular formula is C21H18ClFN2O3S. The molecule has 0 aliphatic carbocycles. The number of amides is 1. The number of aryl methyl sites for hydroxylation is 1. The molecule has 8 heteroatoms. The molecule has 5 nitrogen and oxygen atoms in total. The van der Waals surface area contributed by atoms with Crippen LogP contribution in [0.1, 0.15) is 26.7 Å². The fraction of sp³-hybridized carbons (Fsp3) is 0.143. The number of nitrogens with one attached hydrogen (secondary N) is 1. The monoisotopic (exact) mass is 432 g/mol. The van der Waals surface area contributed by atoms with E-state index in [4.69, 9.17) is 11.6 Å². The van der Waals surface area contributed by atoms with E-state index in [-0.39, 0.29) is 17.0 Å². The maximum Gasteiger partial charge on any atom is 0.251 e. The number of pyridine rings is 1. The van der Waals surface area contributed by atoms with Crippen molar-refractivity contribution in [2.24, 2.45) is 0 Å². The van der Waals surface area contributed by atoms with E-state index in [9.17, 15) is 17.6 Å². The second-order valence-electron chi connectivity index (χ2n) is 6.45. The number of aromatic nitrogens is 1. The molecule has 1 aromatic heterocycles.